The Morgan fingerprint density at radius 2 is 2.00 bits per heavy atom. The Bertz CT molecular complexity index is 1390. The van der Waals surface area contributed by atoms with Crippen LogP contribution in [0, 0.1) is 0 Å². The second kappa shape index (κ2) is 10.9. The van der Waals surface area contributed by atoms with Crippen molar-refractivity contribution in [1.29, 1.82) is 0 Å². The summed E-state index contributed by atoms with van der Waals surface area (Å²) < 4.78 is 10.7. The largest absolute Gasteiger partial charge is 0.466 e. The van der Waals surface area contributed by atoms with Crippen LogP contribution >= 0.6 is 0 Å². The highest BCUT2D eigenvalue weighted by Gasteiger charge is 2.50. The van der Waals surface area contributed by atoms with Crippen molar-refractivity contribution in [2.75, 3.05) is 19.7 Å². The van der Waals surface area contributed by atoms with E-state index in [2.05, 4.69) is 30.4 Å². The van der Waals surface area contributed by atoms with Gasteiger partial charge in [-0.05, 0) is 55.9 Å². The molecule has 198 valence electrons. The molecule has 0 radical (unpaired) electrons. The van der Waals surface area contributed by atoms with E-state index >= 15 is 0 Å². The van der Waals surface area contributed by atoms with E-state index in [1.165, 1.54) is 11.1 Å². The standard InChI is InChI=1S/C31H34N2O5/c1-3-37-29(35)12-7-16-32(20-22-13-14-23-8-6-9-24(23)18-22)30(36)31(2)15-17-33(31)28(34)19-25-21-38-27-11-5-4-10-26(25)27/h4-6,8,10-11,13-14,18,21H,3,7,9,12,15-17,19-20H2,1-2H3. The Morgan fingerprint density at radius 1 is 1.16 bits per heavy atom. The number of carbonyl (C=O) groups excluding carboxylic acids is 3. The first-order valence-electron chi connectivity index (χ1n) is 13.4. The topological polar surface area (TPSA) is 80.1 Å². The molecule has 1 atom stereocenters. The molecule has 0 bridgehead atoms. The van der Waals surface area contributed by atoms with E-state index in [4.69, 9.17) is 9.15 Å². The minimum Gasteiger partial charge on any atom is -0.466 e. The fourth-order valence-corrected chi connectivity index (χ4v) is 5.48. The van der Waals surface area contributed by atoms with Gasteiger partial charge in [-0.2, -0.15) is 0 Å². The highest BCUT2D eigenvalue weighted by Crippen LogP contribution is 2.34. The van der Waals surface area contributed by atoms with E-state index in [-0.39, 0.29) is 30.6 Å². The lowest BCUT2D eigenvalue weighted by Crippen LogP contribution is -2.68. The summed E-state index contributed by atoms with van der Waals surface area (Å²) in [6.45, 7) is 5.36. The predicted molar refractivity (Wildman–Crippen MR) is 145 cm³/mol. The molecule has 2 heterocycles. The fraction of sp³-hybridized carbons (Fsp3) is 0.387. The molecule has 5 rings (SSSR count). The van der Waals surface area contributed by atoms with Crippen molar-refractivity contribution in [3.8, 4) is 0 Å². The van der Waals surface area contributed by atoms with Gasteiger partial charge in [0.15, 0.2) is 0 Å². The fourth-order valence-electron chi connectivity index (χ4n) is 5.48. The summed E-state index contributed by atoms with van der Waals surface area (Å²) in [4.78, 5) is 42.8. The summed E-state index contributed by atoms with van der Waals surface area (Å²) in [7, 11) is 0. The maximum atomic E-state index is 14.0. The number of ether oxygens (including phenoxy) is 1. The molecule has 0 N–H and O–H groups in total. The summed E-state index contributed by atoms with van der Waals surface area (Å²) in [6, 6.07) is 13.9. The molecule has 38 heavy (non-hydrogen) atoms. The Morgan fingerprint density at radius 3 is 2.79 bits per heavy atom. The molecule has 0 saturated carbocycles. The molecule has 3 aromatic rings. The van der Waals surface area contributed by atoms with Crippen LogP contribution in [0.15, 0.2) is 59.2 Å². The molecule has 1 aromatic heterocycles. The second-order valence-electron chi connectivity index (χ2n) is 10.3. The van der Waals surface area contributed by atoms with Crippen molar-refractivity contribution in [1.82, 2.24) is 9.80 Å². The summed E-state index contributed by atoms with van der Waals surface area (Å²) in [5.74, 6) is -0.437. The number of hydrogen-bond donors (Lipinski definition) is 0. The molecule has 2 aromatic carbocycles. The van der Waals surface area contributed by atoms with Gasteiger partial charge in [0.2, 0.25) is 11.8 Å². The number of amides is 2. The highest BCUT2D eigenvalue weighted by atomic mass is 16.5. The van der Waals surface area contributed by atoms with Crippen LogP contribution in [0.3, 0.4) is 0 Å². The molecule has 1 aliphatic carbocycles. The van der Waals surface area contributed by atoms with Crippen LogP contribution in [0.1, 0.15) is 55.4 Å². The number of likely N-dealkylation sites (tertiary alicyclic amines) is 1. The lowest BCUT2D eigenvalue weighted by Gasteiger charge is -2.51. The number of allylic oxidation sites excluding steroid dienone is 1. The maximum Gasteiger partial charge on any atom is 0.305 e. The van der Waals surface area contributed by atoms with Gasteiger partial charge in [-0.3, -0.25) is 14.4 Å². The average Bonchev–Trinajstić information content (AvgIpc) is 3.53. The van der Waals surface area contributed by atoms with Gasteiger partial charge in [0.25, 0.3) is 0 Å². The molecule has 2 amide bonds. The first-order chi connectivity index (χ1) is 18.4. The van der Waals surface area contributed by atoms with Crippen molar-refractivity contribution < 1.29 is 23.5 Å². The lowest BCUT2D eigenvalue weighted by atomic mass is 9.84. The Balaban J connectivity index is 1.31. The van der Waals surface area contributed by atoms with E-state index in [1.807, 2.05) is 31.2 Å². The number of para-hydroxylation sites is 1. The smallest absolute Gasteiger partial charge is 0.305 e. The minimum atomic E-state index is -0.918. The number of rotatable bonds is 10. The minimum absolute atomic E-state index is 0.0864. The van der Waals surface area contributed by atoms with Crippen molar-refractivity contribution in [2.45, 2.75) is 58.0 Å². The number of nitrogens with zero attached hydrogens (tertiary/aromatic N) is 2. The average molecular weight is 515 g/mol. The van der Waals surface area contributed by atoms with Crippen LogP contribution in [0.25, 0.3) is 17.0 Å². The van der Waals surface area contributed by atoms with Gasteiger partial charge in [-0.15, -0.1) is 0 Å². The van der Waals surface area contributed by atoms with Crippen LogP contribution in [0.5, 0.6) is 0 Å². The molecule has 7 nitrogen and oxygen atoms in total. The Labute approximate surface area is 223 Å². The third kappa shape index (κ3) is 5.10. The second-order valence-corrected chi connectivity index (χ2v) is 10.3. The molecule has 7 heteroatoms. The number of carbonyl (C=O) groups is 3. The highest BCUT2D eigenvalue weighted by molar-refractivity contribution is 5.95. The van der Waals surface area contributed by atoms with Crippen molar-refractivity contribution in [3.63, 3.8) is 0 Å². The van der Waals surface area contributed by atoms with Gasteiger partial charge < -0.3 is 19.0 Å². The predicted octanol–water partition coefficient (Wildman–Crippen LogP) is 4.91. The zero-order valence-electron chi connectivity index (χ0n) is 22.1. The summed E-state index contributed by atoms with van der Waals surface area (Å²) in [5, 5.41) is 0.918. The van der Waals surface area contributed by atoms with Crippen LogP contribution in [0.2, 0.25) is 0 Å². The Hall–Kier alpha value is -3.87. The summed E-state index contributed by atoms with van der Waals surface area (Å²) >= 11 is 0. The lowest BCUT2D eigenvalue weighted by molar-refractivity contribution is -0.164. The summed E-state index contributed by atoms with van der Waals surface area (Å²) in [6.07, 6.45) is 8.31. The Kier molecular flexibility index (Phi) is 7.36. The van der Waals surface area contributed by atoms with Crippen LogP contribution < -0.4 is 0 Å². The zero-order valence-corrected chi connectivity index (χ0v) is 22.1. The van der Waals surface area contributed by atoms with Crippen LogP contribution in [0.4, 0.5) is 0 Å². The van der Waals surface area contributed by atoms with Crippen LogP contribution in [-0.4, -0.2) is 52.8 Å². The van der Waals surface area contributed by atoms with E-state index in [1.54, 1.807) is 23.0 Å². The molecule has 1 unspecified atom stereocenters. The normalized spacial score (nSPS) is 17.8. The molecule has 1 saturated heterocycles. The third-order valence-electron chi connectivity index (χ3n) is 7.70. The van der Waals surface area contributed by atoms with Crippen molar-refractivity contribution in [3.05, 3.63) is 77.1 Å². The van der Waals surface area contributed by atoms with Crippen LogP contribution in [-0.2, 0) is 38.5 Å². The van der Waals surface area contributed by atoms with Gasteiger partial charge in [-0.25, -0.2) is 0 Å². The quantitative estimate of drug-likeness (QED) is 0.359. The summed E-state index contributed by atoms with van der Waals surface area (Å²) in [5.41, 5.74) is 4.16. The van der Waals surface area contributed by atoms with Gasteiger partial charge in [-0.1, -0.05) is 48.6 Å². The van der Waals surface area contributed by atoms with Gasteiger partial charge >= 0.3 is 5.97 Å². The van der Waals surface area contributed by atoms with Gasteiger partial charge in [0, 0.05) is 37.0 Å². The molecule has 1 fully saturated rings. The number of benzene rings is 2. The van der Waals surface area contributed by atoms with Gasteiger partial charge in [0.1, 0.15) is 11.1 Å². The molecule has 0 spiro atoms. The monoisotopic (exact) mass is 514 g/mol. The van der Waals surface area contributed by atoms with E-state index in [0.29, 0.717) is 39.1 Å². The molecule has 2 aliphatic rings. The number of esters is 1. The van der Waals surface area contributed by atoms with Crippen molar-refractivity contribution in [2.24, 2.45) is 0 Å². The number of fused-ring (bicyclic) bond motifs is 2. The molecule has 1 aliphatic heterocycles. The molecular formula is C31H34N2O5. The molecular weight excluding hydrogens is 480 g/mol. The van der Waals surface area contributed by atoms with Crippen molar-refractivity contribution >= 4 is 34.8 Å². The number of furan rings is 1. The maximum absolute atomic E-state index is 14.0. The van der Waals surface area contributed by atoms with Gasteiger partial charge in [0.05, 0.1) is 19.3 Å². The zero-order chi connectivity index (χ0) is 26.7. The van der Waals surface area contributed by atoms with E-state index < -0.39 is 5.54 Å². The number of hydrogen-bond acceptors (Lipinski definition) is 5. The van der Waals surface area contributed by atoms with E-state index in [0.717, 1.165) is 28.5 Å². The first-order valence-corrected chi connectivity index (χ1v) is 13.4. The third-order valence-corrected chi connectivity index (χ3v) is 7.70. The first kappa shape index (κ1) is 25.8. The van der Waals surface area contributed by atoms with E-state index in [9.17, 15) is 14.4 Å². The SMILES string of the molecule is CCOC(=O)CCCN(Cc1ccc2c(c1)CC=C2)C(=O)C1(C)CCN1C(=O)Cc1coc2ccccc12.